The van der Waals surface area contributed by atoms with E-state index in [9.17, 15) is 19.5 Å². The number of nitrogens with zero attached hydrogens (tertiary/aromatic N) is 1. The van der Waals surface area contributed by atoms with E-state index in [2.05, 4.69) is 5.32 Å². The Morgan fingerprint density at radius 1 is 1.31 bits per heavy atom. The zero-order chi connectivity index (χ0) is 21.6. The molecule has 1 heterocycles. The van der Waals surface area contributed by atoms with E-state index in [0.717, 1.165) is 17.3 Å². The highest BCUT2D eigenvalue weighted by Gasteiger charge is 2.51. The third kappa shape index (κ3) is 5.59. The molecular formula is C20H26N2O6S. The summed E-state index contributed by atoms with van der Waals surface area (Å²) in [6.07, 6.45) is 1.02. The maximum atomic E-state index is 12.9. The molecule has 0 bridgehead atoms. The molecule has 0 fully saturated rings. The Labute approximate surface area is 174 Å². The highest BCUT2D eigenvalue weighted by molar-refractivity contribution is 8.03. The fraction of sp³-hybridized carbons (Fsp3) is 0.450. The molecular weight excluding hydrogens is 396 g/mol. The predicted molar refractivity (Wildman–Crippen MR) is 108 cm³/mol. The van der Waals surface area contributed by atoms with Crippen LogP contribution in [-0.4, -0.2) is 58.2 Å². The van der Waals surface area contributed by atoms with Crippen LogP contribution < -0.4 is 5.32 Å². The lowest BCUT2D eigenvalue weighted by Crippen LogP contribution is -2.68. The van der Waals surface area contributed by atoms with Gasteiger partial charge in [0.05, 0.1) is 12.1 Å². The Balaban J connectivity index is 2.53. The number of ether oxygens (including phenoxy) is 2. The van der Waals surface area contributed by atoms with Gasteiger partial charge in [0.2, 0.25) is 5.91 Å². The largest absolute Gasteiger partial charge is 0.459 e. The van der Waals surface area contributed by atoms with Crippen molar-refractivity contribution in [3.8, 4) is 0 Å². The fourth-order valence-corrected chi connectivity index (χ4v) is 3.66. The molecule has 0 aromatic heterocycles. The highest BCUT2D eigenvalue weighted by Crippen LogP contribution is 2.29. The van der Waals surface area contributed by atoms with Gasteiger partial charge in [-0.25, -0.2) is 4.79 Å². The van der Waals surface area contributed by atoms with Gasteiger partial charge < -0.3 is 24.8 Å². The second-order valence-corrected chi connectivity index (χ2v) is 7.81. The molecule has 1 aliphatic rings. The van der Waals surface area contributed by atoms with E-state index in [1.807, 2.05) is 6.07 Å². The molecule has 1 aromatic rings. The highest BCUT2D eigenvalue weighted by atomic mass is 32.2. The number of rotatable bonds is 8. The minimum atomic E-state index is -2.47. The quantitative estimate of drug-likeness (QED) is 0.482. The van der Waals surface area contributed by atoms with Crippen LogP contribution >= 0.6 is 11.8 Å². The van der Waals surface area contributed by atoms with Crippen LogP contribution in [0, 0.1) is 0 Å². The molecule has 2 amide bonds. The Bertz CT molecular complexity index is 769. The normalized spacial score (nSPS) is 19.6. The molecule has 0 saturated heterocycles. The number of hydrogen-bond donors (Lipinski definition) is 2. The van der Waals surface area contributed by atoms with Gasteiger partial charge in [0.1, 0.15) is 0 Å². The van der Waals surface area contributed by atoms with Crippen LogP contribution in [-0.2, 0) is 30.3 Å². The minimum absolute atomic E-state index is 0.0853. The van der Waals surface area contributed by atoms with Crippen LogP contribution in [0.2, 0.25) is 0 Å². The number of thioether (sulfide) groups is 1. The van der Waals surface area contributed by atoms with Gasteiger partial charge in [-0.1, -0.05) is 42.1 Å². The number of carbonyl (C=O) groups excluding carboxylic acids is 3. The van der Waals surface area contributed by atoms with Crippen molar-refractivity contribution in [2.24, 2.45) is 0 Å². The van der Waals surface area contributed by atoms with Crippen LogP contribution in [0.25, 0.3) is 0 Å². The smallest absolute Gasteiger partial charge is 0.362 e. The number of amides is 2. The van der Waals surface area contributed by atoms with Crippen molar-refractivity contribution in [3.05, 3.63) is 47.5 Å². The summed E-state index contributed by atoms with van der Waals surface area (Å²) in [5.41, 5.74) is -2.54. The third-order valence-electron chi connectivity index (χ3n) is 4.20. The molecule has 0 aliphatic carbocycles. The van der Waals surface area contributed by atoms with Gasteiger partial charge in [-0.15, -0.1) is 0 Å². The summed E-state index contributed by atoms with van der Waals surface area (Å²) in [5, 5.41) is 15.3. The molecule has 2 unspecified atom stereocenters. The summed E-state index contributed by atoms with van der Waals surface area (Å²) in [6.45, 7) is 4.43. The summed E-state index contributed by atoms with van der Waals surface area (Å²) in [5.74, 6) is -2.14. The third-order valence-corrected chi connectivity index (χ3v) is 5.12. The summed E-state index contributed by atoms with van der Waals surface area (Å²) in [6, 6.07) is 7.87. The molecule has 2 N–H and O–H groups in total. The molecule has 158 valence electrons. The van der Waals surface area contributed by atoms with Crippen molar-refractivity contribution in [3.63, 3.8) is 0 Å². The van der Waals surface area contributed by atoms with Crippen LogP contribution in [0.4, 0.5) is 0 Å². The second kappa shape index (κ2) is 9.91. The number of aliphatic hydroxyl groups is 1. The molecule has 8 nitrogen and oxygen atoms in total. The first-order valence-corrected chi connectivity index (χ1v) is 10.1. The number of benzene rings is 1. The van der Waals surface area contributed by atoms with Gasteiger partial charge in [-0.3, -0.25) is 9.59 Å². The average molecular weight is 423 g/mol. The number of esters is 1. The van der Waals surface area contributed by atoms with Crippen molar-refractivity contribution >= 4 is 29.5 Å². The van der Waals surface area contributed by atoms with E-state index in [4.69, 9.17) is 9.47 Å². The molecule has 0 saturated carbocycles. The van der Waals surface area contributed by atoms with Crippen LogP contribution in [0.1, 0.15) is 26.3 Å². The van der Waals surface area contributed by atoms with E-state index >= 15 is 0 Å². The van der Waals surface area contributed by atoms with Gasteiger partial charge in [-0.05, 0) is 31.2 Å². The molecule has 2 rings (SSSR count). The van der Waals surface area contributed by atoms with E-state index < -0.39 is 41.1 Å². The number of carbonyl (C=O) groups is 3. The summed E-state index contributed by atoms with van der Waals surface area (Å²) in [7, 11) is 1.39. The zero-order valence-electron chi connectivity index (χ0n) is 16.8. The molecule has 3 atom stereocenters. The average Bonchev–Trinajstić information content (AvgIpc) is 2.66. The van der Waals surface area contributed by atoms with Crippen molar-refractivity contribution in [1.82, 2.24) is 10.2 Å². The van der Waals surface area contributed by atoms with Gasteiger partial charge in [0.25, 0.3) is 11.6 Å². The van der Waals surface area contributed by atoms with Crippen molar-refractivity contribution < 1.29 is 29.0 Å². The van der Waals surface area contributed by atoms with Crippen LogP contribution in [0.15, 0.2) is 41.9 Å². The number of hydrogen-bond acceptors (Lipinski definition) is 7. The summed E-state index contributed by atoms with van der Waals surface area (Å²) >= 11 is 1.16. The Hall–Kier alpha value is -2.36. The van der Waals surface area contributed by atoms with Crippen LogP contribution in [0.3, 0.4) is 0 Å². The molecule has 0 spiro atoms. The van der Waals surface area contributed by atoms with Gasteiger partial charge >= 0.3 is 5.97 Å². The Kier molecular flexibility index (Phi) is 7.83. The van der Waals surface area contributed by atoms with Crippen molar-refractivity contribution in [2.75, 3.05) is 7.11 Å². The SMILES string of the molecule is COC1SC=CN([C@@H](Cc2ccccc2)C(O)(NC(C)=O)C(=O)OC(C)C)C1=O. The van der Waals surface area contributed by atoms with Crippen molar-refractivity contribution in [2.45, 2.75) is 50.5 Å². The lowest BCUT2D eigenvalue weighted by Gasteiger charge is -2.41. The number of nitrogens with one attached hydrogen (secondary N) is 1. The molecule has 1 aromatic carbocycles. The lowest BCUT2D eigenvalue weighted by molar-refractivity contribution is -0.185. The molecule has 9 heteroatoms. The first kappa shape index (κ1) is 22.9. The standard InChI is InChI=1S/C20H26N2O6S/c1-13(2)28-19(25)20(26,21-14(3)23)16(12-15-8-6-5-7-9-15)22-10-11-29-18(27-4)17(22)24/h5-11,13,16,18,26H,12H2,1-4H3,(H,21,23)/t16-,18?,20?/m0/s1. The molecule has 1 aliphatic heterocycles. The summed E-state index contributed by atoms with van der Waals surface area (Å²) in [4.78, 5) is 38.9. The van der Waals surface area contributed by atoms with Gasteiger partial charge in [0.15, 0.2) is 5.44 Å². The first-order valence-electron chi connectivity index (χ1n) is 9.12. The van der Waals surface area contributed by atoms with E-state index in [-0.39, 0.29) is 6.42 Å². The van der Waals surface area contributed by atoms with E-state index in [1.54, 1.807) is 43.5 Å². The maximum Gasteiger partial charge on any atom is 0.362 e. The minimum Gasteiger partial charge on any atom is -0.459 e. The summed E-state index contributed by atoms with van der Waals surface area (Å²) < 4.78 is 10.4. The van der Waals surface area contributed by atoms with E-state index in [0.29, 0.717) is 0 Å². The zero-order valence-corrected chi connectivity index (χ0v) is 17.6. The first-order chi connectivity index (χ1) is 13.7. The number of methoxy groups -OCH3 is 1. The molecule has 0 radical (unpaired) electrons. The van der Waals surface area contributed by atoms with Crippen LogP contribution in [0.5, 0.6) is 0 Å². The fourth-order valence-electron chi connectivity index (χ4n) is 2.97. The van der Waals surface area contributed by atoms with Gasteiger partial charge in [0, 0.05) is 20.2 Å². The molecule has 29 heavy (non-hydrogen) atoms. The monoisotopic (exact) mass is 422 g/mol. The second-order valence-electron chi connectivity index (χ2n) is 6.84. The maximum absolute atomic E-state index is 12.9. The van der Waals surface area contributed by atoms with E-state index in [1.165, 1.54) is 25.1 Å². The Morgan fingerprint density at radius 2 is 1.97 bits per heavy atom. The Morgan fingerprint density at radius 3 is 2.52 bits per heavy atom. The predicted octanol–water partition coefficient (Wildman–Crippen LogP) is 1.39. The van der Waals surface area contributed by atoms with Crippen molar-refractivity contribution in [1.29, 1.82) is 0 Å². The van der Waals surface area contributed by atoms with Gasteiger partial charge in [-0.2, -0.15) is 0 Å². The topological polar surface area (TPSA) is 105 Å². The lowest BCUT2D eigenvalue weighted by atomic mass is 9.94.